The number of anilines is 1. The predicted molar refractivity (Wildman–Crippen MR) is 132 cm³/mol. The number of alkyl halides is 3. The van der Waals surface area contributed by atoms with E-state index in [1.165, 1.54) is 12.1 Å². The summed E-state index contributed by atoms with van der Waals surface area (Å²) in [6, 6.07) is 11.5. The van der Waals surface area contributed by atoms with Gasteiger partial charge >= 0.3 is 12.1 Å². The number of nitrogens with zero attached hydrogens (tertiary/aromatic N) is 2. The Morgan fingerprint density at radius 1 is 1.16 bits per heavy atom. The topological polar surface area (TPSA) is 96.8 Å². The van der Waals surface area contributed by atoms with Gasteiger partial charge < -0.3 is 9.84 Å². The molecular formula is C25H20ClF3N2O5S. The zero-order chi connectivity index (χ0) is 26.8. The van der Waals surface area contributed by atoms with Gasteiger partial charge in [-0.15, -0.1) is 0 Å². The molecular weight excluding hydrogens is 533 g/mol. The summed E-state index contributed by atoms with van der Waals surface area (Å²) in [4.78, 5) is 14.7. The largest absolute Gasteiger partial charge is 0.486 e. The van der Waals surface area contributed by atoms with Gasteiger partial charge in [0.2, 0.25) is 0 Å². The maximum absolute atomic E-state index is 13.6. The number of rotatable bonds is 7. The van der Waals surface area contributed by atoms with Crippen molar-refractivity contribution in [3.8, 4) is 5.75 Å². The molecule has 0 aliphatic carbocycles. The van der Waals surface area contributed by atoms with Crippen molar-refractivity contribution in [2.45, 2.75) is 30.0 Å². The van der Waals surface area contributed by atoms with E-state index >= 15 is 0 Å². The Morgan fingerprint density at radius 2 is 1.95 bits per heavy atom. The number of fused-ring (bicyclic) bond motifs is 1. The van der Waals surface area contributed by atoms with E-state index in [-0.39, 0.29) is 30.8 Å². The van der Waals surface area contributed by atoms with Crippen molar-refractivity contribution in [3.05, 3.63) is 82.6 Å². The summed E-state index contributed by atoms with van der Waals surface area (Å²) < 4.78 is 73.8. The summed E-state index contributed by atoms with van der Waals surface area (Å²) >= 11 is 6.13. The average molecular weight is 553 g/mol. The quantitative estimate of drug-likeness (QED) is 0.401. The number of aromatic nitrogens is 1. The predicted octanol–water partition coefficient (Wildman–Crippen LogP) is 5.75. The van der Waals surface area contributed by atoms with E-state index in [1.807, 2.05) is 0 Å². The first-order chi connectivity index (χ1) is 17.4. The number of sulfonamides is 1. The van der Waals surface area contributed by atoms with E-state index in [4.69, 9.17) is 21.4 Å². The third kappa shape index (κ3) is 6.05. The molecule has 2 heterocycles. The summed E-state index contributed by atoms with van der Waals surface area (Å²) in [5.41, 5.74) is 0.0456. The minimum absolute atomic E-state index is 0.00319. The second-order valence-corrected chi connectivity index (χ2v) is 10.4. The molecule has 1 aliphatic heterocycles. The second kappa shape index (κ2) is 10.4. The van der Waals surface area contributed by atoms with E-state index in [0.717, 1.165) is 22.5 Å². The number of carboxylic acid groups (broad SMARTS) is 1. The third-order valence-corrected chi connectivity index (χ3v) is 7.66. The zero-order valence-corrected chi connectivity index (χ0v) is 20.6. The molecule has 2 aromatic carbocycles. The Morgan fingerprint density at radius 3 is 2.65 bits per heavy atom. The normalized spacial score (nSPS) is 15.9. The van der Waals surface area contributed by atoms with Crippen molar-refractivity contribution >= 4 is 45.4 Å². The number of halogens is 4. The van der Waals surface area contributed by atoms with Gasteiger partial charge in [-0.25, -0.2) is 8.42 Å². The van der Waals surface area contributed by atoms with Crippen LogP contribution in [0.15, 0.2) is 65.7 Å². The van der Waals surface area contributed by atoms with Crippen LogP contribution in [-0.4, -0.2) is 37.1 Å². The van der Waals surface area contributed by atoms with Crippen LogP contribution < -0.4 is 9.04 Å². The van der Waals surface area contributed by atoms with E-state index < -0.39 is 38.7 Å². The molecule has 0 saturated carbocycles. The molecule has 7 nitrogen and oxygen atoms in total. The van der Waals surface area contributed by atoms with Crippen molar-refractivity contribution in [1.29, 1.82) is 0 Å². The third-order valence-electron chi connectivity index (χ3n) is 5.56. The molecule has 0 amide bonds. The first-order valence-corrected chi connectivity index (χ1v) is 12.8. The van der Waals surface area contributed by atoms with E-state index in [9.17, 15) is 26.4 Å². The van der Waals surface area contributed by atoms with Crippen molar-refractivity contribution in [3.63, 3.8) is 0 Å². The average Bonchev–Trinajstić information content (AvgIpc) is 2.86. The van der Waals surface area contributed by atoms with Gasteiger partial charge in [0.15, 0.2) is 0 Å². The van der Waals surface area contributed by atoms with Crippen LogP contribution in [0.25, 0.3) is 12.2 Å². The number of carboxylic acids is 1. The highest BCUT2D eigenvalue weighted by Crippen LogP contribution is 2.40. The summed E-state index contributed by atoms with van der Waals surface area (Å²) in [7, 11) is -4.47. The lowest BCUT2D eigenvalue weighted by molar-refractivity contribution is -0.138. The van der Waals surface area contributed by atoms with Crippen LogP contribution in [0, 0.1) is 0 Å². The lowest BCUT2D eigenvalue weighted by atomic mass is 10.1. The first-order valence-electron chi connectivity index (χ1n) is 11.0. The highest BCUT2D eigenvalue weighted by atomic mass is 35.5. The molecule has 0 fully saturated rings. The fourth-order valence-electron chi connectivity index (χ4n) is 3.75. The fraction of sp³-hybridized carbons (Fsp3) is 0.200. The Hall–Kier alpha value is -3.57. The highest BCUT2D eigenvalue weighted by Gasteiger charge is 2.37. The van der Waals surface area contributed by atoms with Crippen molar-refractivity contribution in [2.75, 3.05) is 10.8 Å². The van der Waals surface area contributed by atoms with Crippen LogP contribution in [0.5, 0.6) is 5.75 Å². The number of benzene rings is 2. The number of pyridine rings is 1. The van der Waals surface area contributed by atoms with Crippen LogP contribution >= 0.6 is 11.6 Å². The summed E-state index contributed by atoms with van der Waals surface area (Å²) in [6.45, 7) is -0.280. The SMILES string of the molecule is O=C(O)CCC1CN(S(=O)(=O)c2cccc(C(F)(F)F)c2)c2cc(C=Cc3ncccc3Cl)ccc2O1. The minimum atomic E-state index is -4.73. The Balaban J connectivity index is 1.75. The number of hydrogen-bond acceptors (Lipinski definition) is 5. The van der Waals surface area contributed by atoms with Crippen LogP contribution in [0.3, 0.4) is 0 Å². The molecule has 0 bridgehead atoms. The van der Waals surface area contributed by atoms with Gasteiger partial charge in [0.1, 0.15) is 11.9 Å². The maximum Gasteiger partial charge on any atom is 0.416 e. The number of aliphatic carboxylic acids is 1. The fourth-order valence-corrected chi connectivity index (χ4v) is 5.48. The van der Waals surface area contributed by atoms with Crippen LogP contribution in [-0.2, 0) is 21.0 Å². The molecule has 1 N–H and O–H groups in total. The lowest BCUT2D eigenvalue weighted by Gasteiger charge is -2.35. The molecule has 0 saturated heterocycles. The van der Waals surface area contributed by atoms with Gasteiger partial charge in [0.25, 0.3) is 10.0 Å². The summed E-state index contributed by atoms with van der Waals surface area (Å²) in [6.07, 6.45) is -0.977. The molecule has 0 spiro atoms. The molecule has 194 valence electrons. The monoisotopic (exact) mass is 552 g/mol. The van der Waals surface area contributed by atoms with Gasteiger partial charge in [-0.1, -0.05) is 29.8 Å². The Labute approximate surface area is 215 Å². The van der Waals surface area contributed by atoms with Gasteiger partial charge in [-0.3, -0.25) is 14.1 Å². The molecule has 4 rings (SSSR count). The smallest absolute Gasteiger partial charge is 0.416 e. The minimum Gasteiger partial charge on any atom is -0.486 e. The van der Waals surface area contributed by atoms with Gasteiger partial charge in [0, 0.05) is 12.6 Å². The van der Waals surface area contributed by atoms with Crippen molar-refractivity contribution in [2.24, 2.45) is 0 Å². The van der Waals surface area contributed by atoms with E-state index in [0.29, 0.717) is 22.3 Å². The van der Waals surface area contributed by atoms with Crippen LogP contribution in [0.2, 0.25) is 5.02 Å². The number of carbonyl (C=O) groups is 1. The molecule has 3 aromatic rings. The highest BCUT2D eigenvalue weighted by molar-refractivity contribution is 7.92. The van der Waals surface area contributed by atoms with Crippen molar-refractivity contribution in [1.82, 2.24) is 4.98 Å². The van der Waals surface area contributed by atoms with Gasteiger partial charge in [-0.2, -0.15) is 13.2 Å². The van der Waals surface area contributed by atoms with Gasteiger partial charge in [0.05, 0.1) is 33.4 Å². The Kier molecular flexibility index (Phi) is 7.47. The maximum atomic E-state index is 13.6. The molecule has 37 heavy (non-hydrogen) atoms. The van der Waals surface area contributed by atoms with E-state index in [1.54, 1.807) is 36.5 Å². The van der Waals surface area contributed by atoms with Crippen molar-refractivity contribution < 1.29 is 36.2 Å². The van der Waals surface area contributed by atoms with E-state index in [2.05, 4.69) is 4.98 Å². The molecule has 1 atom stereocenters. The Bertz CT molecular complexity index is 1460. The summed E-state index contributed by atoms with van der Waals surface area (Å²) in [5, 5.41) is 9.45. The second-order valence-electron chi connectivity index (χ2n) is 8.16. The number of hydrogen-bond donors (Lipinski definition) is 1. The standard InChI is InChI=1S/C25H20ClF3N2O5S/c26-20-5-2-12-30-21(20)9-6-16-7-10-23-22(13-16)31(15-18(36-23)8-11-24(32)33)37(34,35)19-4-1-3-17(14-19)25(27,28)29/h1-7,9-10,12-14,18H,8,11,15H2,(H,32,33). The molecule has 1 aliphatic rings. The van der Waals surface area contributed by atoms with Crippen LogP contribution in [0.4, 0.5) is 18.9 Å². The number of ether oxygens (including phenoxy) is 1. The molecule has 1 unspecified atom stereocenters. The molecule has 1 aromatic heterocycles. The summed E-state index contributed by atoms with van der Waals surface area (Å²) in [5.74, 6) is -0.930. The molecule has 12 heteroatoms. The first kappa shape index (κ1) is 26.5. The lowest BCUT2D eigenvalue weighted by Crippen LogP contribution is -2.43. The molecule has 0 radical (unpaired) electrons. The van der Waals surface area contributed by atoms with Gasteiger partial charge in [-0.05, 0) is 60.5 Å². The van der Waals surface area contributed by atoms with Crippen LogP contribution in [0.1, 0.15) is 29.7 Å². The zero-order valence-electron chi connectivity index (χ0n) is 19.0.